The fraction of sp³-hybridized carbons (Fsp3) is 0.0833. The second-order valence-corrected chi connectivity index (χ2v) is 9.78. The third kappa shape index (κ3) is 5.13. The second-order valence-electron chi connectivity index (χ2n) is 7.39. The summed E-state index contributed by atoms with van der Waals surface area (Å²) in [6.07, 6.45) is 2.82. The molecule has 0 saturated carbocycles. The van der Waals surface area contributed by atoms with E-state index in [1.807, 2.05) is 30.3 Å². The Hall–Kier alpha value is -3.49. The van der Waals surface area contributed by atoms with Crippen molar-refractivity contribution in [2.24, 2.45) is 0 Å². The number of nitrogens with zero attached hydrogens (tertiary/aromatic N) is 2. The molecule has 0 aliphatic rings. The lowest BCUT2D eigenvalue weighted by molar-refractivity contribution is 0.0950. The zero-order valence-electron chi connectivity index (χ0n) is 17.5. The van der Waals surface area contributed by atoms with E-state index in [1.165, 1.54) is 30.3 Å². The highest BCUT2D eigenvalue weighted by molar-refractivity contribution is 7.90. The first-order chi connectivity index (χ1) is 15.7. The van der Waals surface area contributed by atoms with Crippen LogP contribution >= 0.6 is 11.6 Å². The zero-order chi connectivity index (χ0) is 23.6. The van der Waals surface area contributed by atoms with Crippen LogP contribution in [0.1, 0.15) is 15.9 Å². The van der Waals surface area contributed by atoms with Gasteiger partial charge >= 0.3 is 0 Å². The molecule has 0 spiro atoms. The third-order valence-corrected chi connectivity index (χ3v) is 6.54. The molecule has 1 N–H and O–H groups in total. The molecule has 0 fully saturated rings. The van der Waals surface area contributed by atoms with Gasteiger partial charge < -0.3 is 5.32 Å². The van der Waals surface area contributed by atoms with Crippen molar-refractivity contribution in [2.45, 2.75) is 11.4 Å². The van der Waals surface area contributed by atoms with Gasteiger partial charge in [-0.2, -0.15) is 5.10 Å². The number of carbonyl (C=O) groups is 1. The lowest BCUT2D eigenvalue weighted by Crippen LogP contribution is -2.23. The van der Waals surface area contributed by atoms with E-state index < -0.39 is 15.7 Å². The summed E-state index contributed by atoms with van der Waals surface area (Å²) in [5, 5.41) is 7.48. The Morgan fingerprint density at radius 1 is 1.06 bits per heavy atom. The van der Waals surface area contributed by atoms with Gasteiger partial charge in [0.15, 0.2) is 9.84 Å². The molecule has 1 heterocycles. The number of rotatable bonds is 6. The average Bonchev–Trinajstić information content (AvgIpc) is 3.22. The van der Waals surface area contributed by atoms with Gasteiger partial charge in [-0.25, -0.2) is 17.5 Å². The number of para-hydroxylation sites is 1. The molecule has 0 aliphatic carbocycles. The molecule has 33 heavy (non-hydrogen) atoms. The molecule has 1 aromatic heterocycles. The van der Waals surface area contributed by atoms with Crippen LogP contribution in [0.15, 0.2) is 83.9 Å². The number of hydrogen-bond acceptors (Lipinski definition) is 4. The molecular weight excluding hydrogens is 465 g/mol. The fourth-order valence-corrected chi connectivity index (χ4v) is 4.61. The number of halogens is 2. The second kappa shape index (κ2) is 9.17. The molecule has 0 saturated heterocycles. The summed E-state index contributed by atoms with van der Waals surface area (Å²) >= 11 is 5.97. The standard InChI is InChI=1S/C24H19ClFN3O3S/c1-33(31,32)22-13-17(9-12-21(22)25)24(30)27-14-18-15-29(20-5-3-2-4-6-20)28-23(18)16-7-10-19(26)11-8-16/h2-13,15H,14H2,1H3,(H,27,30). The van der Waals surface area contributed by atoms with Crippen molar-refractivity contribution in [2.75, 3.05) is 6.26 Å². The maximum Gasteiger partial charge on any atom is 0.251 e. The fourth-order valence-electron chi connectivity index (χ4n) is 3.31. The van der Waals surface area contributed by atoms with E-state index in [9.17, 15) is 17.6 Å². The van der Waals surface area contributed by atoms with Crippen LogP contribution in [-0.2, 0) is 16.4 Å². The lowest BCUT2D eigenvalue weighted by Gasteiger charge is -2.08. The van der Waals surface area contributed by atoms with Crippen molar-refractivity contribution >= 4 is 27.3 Å². The van der Waals surface area contributed by atoms with E-state index in [2.05, 4.69) is 10.4 Å². The third-order valence-electron chi connectivity index (χ3n) is 4.96. The minimum absolute atomic E-state index is 0.0526. The number of benzene rings is 3. The SMILES string of the molecule is CS(=O)(=O)c1cc(C(=O)NCc2cn(-c3ccccc3)nc2-c2ccc(F)cc2)ccc1Cl. The highest BCUT2D eigenvalue weighted by atomic mass is 35.5. The van der Waals surface area contributed by atoms with Gasteiger partial charge in [0.2, 0.25) is 0 Å². The molecule has 0 aliphatic heterocycles. The molecule has 0 unspecified atom stereocenters. The largest absolute Gasteiger partial charge is 0.348 e. The normalized spacial score (nSPS) is 11.4. The average molecular weight is 484 g/mol. The van der Waals surface area contributed by atoms with Crippen LogP contribution < -0.4 is 5.32 Å². The maximum absolute atomic E-state index is 13.4. The number of sulfone groups is 1. The number of hydrogen-bond donors (Lipinski definition) is 1. The van der Waals surface area contributed by atoms with Crippen LogP contribution in [0.4, 0.5) is 4.39 Å². The Morgan fingerprint density at radius 3 is 2.42 bits per heavy atom. The van der Waals surface area contributed by atoms with Crippen LogP contribution in [-0.4, -0.2) is 30.4 Å². The topological polar surface area (TPSA) is 81.1 Å². The van der Waals surface area contributed by atoms with Crippen molar-refractivity contribution in [3.8, 4) is 16.9 Å². The van der Waals surface area contributed by atoms with Crippen LogP contribution in [0.3, 0.4) is 0 Å². The Balaban J connectivity index is 1.64. The first-order valence-electron chi connectivity index (χ1n) is 9.90. The van der Waals surface area contributed by atoms with Crippen LogP contribution in [0, 0.1) is 5.82 Å². The van der Waals surface area contributed by atoms with Gasteiger partial charge in [-0.05, 0) is 54.6 Å². The summed E-state index contributed by atoms with van der Waals surface area (Å²) < 4.78 is 38.9. The van der Waals surface area contributed by atoms with Crippen molar-refractivity contribution in [1.29, 1.82) is 0 Å². The van der Waals surface area contributed by atoms with Gasteiger partial charge in [0.25, 0.3) is 5.91 Å². The molecule has 1 amide bonds. The minimum Gasteiger partial charge on any atom is -0.348 e. The number of amides is 1. The van der Waals surface area contributed by atoms with E-state index in [4.69, 9.17) is 11.6 Å². The summed E-state index contributed by atoms with van der Waals surface area (Å²) in [6, 6.07) is 19.5. The molecule has 6 nitrogen and oxygen atoms in total. The number of aromatic nitrogens is 2. The van der Waals surface area contributed by atoms with Gasteiger partial charge in [0.1, 0.15) is 5.82 Å². The molecule has 0 bridgehead atoms. The van der Waals surface area contributed by atoms with Crippen molar-refractivity contribution in [3.05, 3.63) is 101 Å². The van der Waals surface area contributed by atoms with Crippen LogP contribution in [0.2, 0.25) is 5.02 Å². The summed E-state index contributed by atoms with van der Waals surface area (Å²) in [5.41, 5.74) is 2.98. The summed E-state index contributed by atoms with van der Waals surface area (Å²) in [4.78, 5) is 12.6. The summed E-state index contributed by atoms with van der Waals surface area (Å²) in [6.45, 7) is 0.120. The highest BCUT2D eigenvalue weighted by Crippen LogP contribution is 2.25. The monoisotopic (exact) mass is 483 g/mol. The van der Waals surface area contributed by atoms with Gasteiger partial charge in [0, 0.05) is 35.7 Å². The minimum atomic E-state index is -3.59. The van der Waals surface area contributed by atoms with Crippen molar-refractivity contribution in [1.82, 2.24) is 15.1 Å². The Labute approximate surface area is 195 Å². The molecule has 0 atom stereocenters. The predicted molar refractivity (Wildman–Crippen MR) is 125 cm³/mol. The van der Waals surface area contributed by atoms with E-state index in [-0.39, 0.29) is 27.8 Å². The molecule has 3 aromatic carbocycles. The highest BCUT2D eigenvalue weighted by Gasteiger charge is 2.17. The van der Waals surface area contributed by atoms with Gasteiger partial charge in [-0.3, -0.25) is 4.79 Å². The number of nitrogens with one attached hydrogen (secondary N) is 1. The van der Waals surface area contributed by atoms with Crippen LogP contribution in [0.25, 0.3) is 16.9 Å². The maximum atomic E-state index is 13.4. The molecule has 0 radical (unpaired) electrons. The summed E-state index contributed by atoms with van der Waals surface area (Å²) in [7, 11) is -3.59. The predicted octanol–water partition coefficient (Wildman–Crippen LogP) is 4.67. The van der Waals surface area contributed by atoms with Crippen molar-refractivity contribution in [3.63, 3.8) is 0 Å². The van der Waals surface area contributed by atoms with Gasteiger partial charge in [-0.1, -0.05) is 29.8 Å². The Bertz CT molecular complexity index is 1420. The first kappa shape index (κ1) is 22.7. The Kier molecular flexibility index (Phi) is 6.31. The van der Waals surface area contributed by atoms with Crippen LogP contribution in [0.5, 0.6) is 0 Å². The summed E-state index contributed by atoms with van der Waals surface area (Å²) in [5.74, 6) is -0.824. The quantitative estimate of drug-likeness (QED) is 0.432. The lowest BCUT2D eigenvalue weighted by atomic mass is 10.1. The number of carbonyl (C=O) groups excluding carboxylic acids is 1. The van der Waals surface area contributed by atoms with E-state index in [0.29, 0.717) is 16.8 Å². The smallest absolute Gasteiger partial charge is 0.251 e. The molecule has 4 rings (SSSR count). The van der Waals surface area contributed by atoms with Gasteiger partial charge in [0.05, 0.1) is 21.3 Å². The zero-order valence-corrected chi connectivity index (χ0v) is 19.1. The molecular formula is C24H19ClFN3O3S. The van der Waals surface area contributed by atoms with E-state index in [1.54, 1.807) is 23.0 Å². The van der Waals surface area contributed by atoms with Crippen molar-refractivity contribution < 1.29 is 17.6 Å². The van der Waals surface area contributed by atoms with Gasteiger partial charge in [-0.15, -0.1) is 0 Å². The van der Waals surface area contributed by atoms with E-state index >= 15 is 0 Å². The first-order valence-corrected chi connectivity index (χ1v) is 12.2. The van der Waals surface area contributed by atoms with E-state index in [0.717, 1.165) is 11.9 Å². The Morgan fingerprint density at radius 2 is 1.76 bits per heavy atom. The molecule has 168 valence electrons. The molecule has 4 aromatic rings. The molecule has 9 heteroatoms.